The fraction of sp³-hybridized carbons (Fsp3) is 0.137. The molecule has 23 aromatic rings. The minimum Gasteiger partial charge on any atom is -0.497 e. The van der Waals surface area contributed by atoms with E-state index >= 15 is 0 Å². The maximum atomic E-state index is 5.26. The Hall–Kier alpha value is -14.3. The zero-order valence-corrected chi connectivity index (χ0v) is 73.5. The largest absolute Gasteiger partial charge is 0.497 e. The van der Waals surface area contributed by atoms with Gasteiger partial charge in [0, 0.05) is 151 Å². The van der Waals surface area contributed by atoms with Gasteiger partial charge in [-0.05, 0) is 291 Å². The first kappa shape index (κ1) is 80.4. The van der Waals surface area contributed by atoms with Crippen LogP contribution in [0.25, 0.3) is 142 Å². The number of ether oxygens (including phenoxy) is 1. The van der Waals surface area contributed by atoms with Gasteiger partial charge in [0.25, 0.3) is 0 Å². The third-order valence-corrected chi connectivity index (χ3v) is 26.7. The molecule has 0 aliphatic heterocycles. The fourth-order valence-electron chi connectivity index (χ4n) is 18.6. The number of nitrogens with one attached hydrogen (secondary N) is 5. The predicted molar refractivity (Wildman–Crippen MR) is 535 cm³/mol. The lowest BCUT2D eigenvalue weighted by atomic mass is 9.85. The number of aromatic nitrogens is 6. The van der Waals surface area contributed by atoms with Crippen molar-refractivity contribution in [1.82, 2.24) is 29.9 Å². The van der Waals surface area contributed by atoms with Crippen LogP contribution >= 0.6 is 11.3 Å². The van der Waals surface area contributed by atoms with Gasteiger partial charge in [0.15, 0.2) is 0 Å². The van der Waals surface area contributed by atoms with Crippen LogP contribution in [-0.4, -0.2) is 37.0 Å². The molecular weight excluding hydrogens is 1540 g/mol. The lowest BCUT2D eigenvalue weighted by molar-refractivity contribution is 0.414. The summed E-state index contributed by atoms with van der Waals surface area (Å²) in [7, 11) is 1.70. The minimum absolute atomic E-state index is 0.292. The van der Waals surface area contributed by atoms with Crippen molar-refractivity contribution in [3.63, 3.8) is 0 Å². The molecule has 23 rings (SSSR count). The van der Waals surface area contributed by atoms with E-state index in [0.717, 1.165) is 5.75 Å². The van der Waals surface area contributed by atoms with Crippen LogP contribution in [0.4, 0.5) is 0 Å². The molecule has 5 N–H and O–H groups in total. The average molecular weight is 1640 g/mol. The SMILES string of the molecule is COc1ccc(C(C)c2ccc3[nH]c4ccc(C)cc4c3c2)cc1.Cc1ccc2[nH]c3ccc(C(C)c4c5ccccc5cc5ccccc45)cc3c2c1.Cc1ccc2[nH]c3ccc(C(C)c4ccc(-c5ccccc5)cc4)cc3c2c1.Cc1ccc2[nH]c3ccc(C(C)c4ccncc4)cc3c2c1.Cc1ccc2[nH]c3ccc(C(C)c4ccsc4)cc3c2c1. The maximum absolute atomic E-state index is 5.26. The van der Waals surface area contributed by atoms with E-state index in [1.54, 1.807) is 18.4 Å². The van der Waals surface area contributed by atoms with Gasteiger partial charge in [0.1, 0.15) is 5.75 Å². The predicted octanol–water partition coefficient (Wildman–Crippen LogP) is 32.3. The van der Waals surface area contributed by atoms with Crippen LogP contribution in [0, 0.1) is 34.6 Å². The molecule has 7 nitrogen and oxygen atoms in total. The molecule has 0 saturated carbocycles. The van der Waals surface area contributed by atoms with Gasteiger partial charge < -0.3 is 29.7 Å². The number of aryl methyl sites for hydroxylation is 5. The highest BCUT2D eigenvalue weighted by Gasteiger charge is 2.21. The van der Waals surface area contributed by atoms with Crippen molar-refractivity contribution in [3.8, 4) is 16.9 Å². The van der Waals surface area contributed by atoms with Crippen LogP contribution in [0.1, 0.15) is 148 Å². The van der Waals surface area contributed by atoms with Gasteiger partial charge in [-0.15, -0.1) is 0 Å². The van der Waals surface area contributed by atoms with Gasteiger partial charge in [0.05, 0.1) is 7.11 Å². The summed E-state index contributed by atoms with van der Waals surface area (Å²) in [6.45, 7) is 22.2. The molecule has 612 valence electrons. The van der Waals surface area contributed by atoms with Crippen LogP contribution in [0.3, 0.4) is 0 Å². The lowest BCUT2D eigenvalue weighted by Gasteiger charge is -2.19. The van der Waals surface area contributed by atoms with Gasteiger partial charge in [-0.25, -0.2) is 0 Å². The van der Waals surface area contributed by atoms with Crippen molar-refractivity contribution in [2.24, 2.45) is 0 Å². The quantitative estimate of drug-likeness (QED) is 0.0787. The standard InChI is InChI=1S/C29H23N.C27H23N.C22H21NO.C20H18N2.C19H17NS/c1-18-11-13-27-25(15-18)26-17-20(12-14-28(26)30-27)19(2)29-23-9-5-3-7-21(23)16-22-8-4-6-10-24(22)29;1-18-8-14-26-24(16-18)25-17-23(13-15-27(25)28-26)19(2)20-9-11-22(12-10-20)21-6-4-3-5-7-21;1-14-4-10-21-19(12-14)20-13-17(7-11-22(20)23-21)15(2)16-5-8-18(24-3)9-6-16;1-13-3-5-19-17(11-13)18-12-16(4-6-20(18)22-19)14(2)15-7-9-21-10-8-15;1-12-3-5-18-16(9-12)17-10-14(4-6-19(17)20-18)13(2)15-7-8-21-11-15/h3-17,19,30H,1-2H3;3-17,19,28H,1-2H3;4-13,15,23H,1-3H3;3-12,14,22H,1-2H3;3-11,13,20H,1-2H3. The first-order valence-electron chi connectivity index (χ1n) is 43.7. The molecule has 0 radical (unpaired) electrons. The number of fused-ring (bicyclic) bond motifs is 17. The lowest BCUT2D eigenvalue weighted by Crippen LogP contribution is -1.99. The average Bonchev–Trinajstić information content (AvgIpc) is 1.15. The first-order chi connectivity index (χ1) is 61.0. The van der Waals surface area contributed by atoms with E-state index in [2.05, 4.69) is 431 Å². The van der Waals surface area contributed by atoms with Crippen molar-refractivity contribution in [1.29, 1.82) is 0 Å². The van der Waals surface area contributed by atoms with Crippen molar-refractivity contribution < 1.29 is 4.74 Å². The maximum Gasteiger partial charge on any atom is 0.118 e. The second-order valence-electron chi connectivity index (χ2n) is 34.3. The van der Waals surface area contributed by atoms with Crippen LogP contribution < -0.4 is 4.74 Å². The fourth-order valence-corrected chi connectivity index (χ4v) is 19.4. The Morgan fingerprint density at radius 2 is 0.520 bits per heavy atom. The van der Waals surface area contributed by atoms with Crippen molar-refractivity contribution in [2.75, 3.05) is 7.11 Å². The van der Waals surface area contributed by atoms with Crippen molar-refractivity contribution in [2.45, 2.75) is 98.8 Å². The number of aromatic amines is 5. The molecule has 0 spiro atoms. The third kappa shape index (κ3) is 16.4. The van der Waals surface area contributed by atoms with E-state index in [4.69, 9.17) is 4.74 Å². The summed E-state index contributed by atoms with van der Waals surface area (Å²) < 4.78 is 5.26. The molecule has 125 heavy (non-hydrogen) atoms. The smallest absolute Gasteiger partial charge is 0.118 e. The summed E-state index contributed by atoms with van der Waals surface area (Å²) in [5.41, 5.74) is 34.5. The summed E-state index contributed by atoms with van der Waals surface area (Å²) in [4.78, 5) is 21.7. The summed E-state index contributed by atoms with van der Waals surface area (Å²) in [5, 5.41) is 22.8. The molecule has 5 unspecified atom stereocenters. The van der Waals surface area contributed by atoms with E-state index < -0.39 is 0 Å². The van der Waals surface area contributed by atoms with Gasteiger partial charge in [-0.1, -0.05) is 238 Å². The monoisotopic (exact) mass is 1640 g/mol. The van der Waals surface area contributed by atoms with Crippen LogP contribution in [-0.2, 0) is 0 Å². The van der Waals surface area contributed by atoms with Crippen molar-refractivity contribution >= 4 is 142 Å². The molecule has 16 aromatic carbocycles. The number of hydrogen-bond acceptors (Lipinski definition) is 3. The molecule has 0 bridgehead atoms. The number of pyridine rings is 1. The highest BCUT2D eigenvalue weighted by Crippen LogP contribution is 2.42. The molecule has 7 aromatic heterocycles. The van der Waals surface area contributed by atoms with E-state index in [9.17, 15) is 0 Å². The summed E-state index contributed by atoms with van der Waals surface area (Å²) >= 11 is 1.77. The van der Waals surface area contributed by atoms with E-state index in [1.807, 2.05) is 24.5 Å². The zero-order chi connectivity index (χ0) is 85.5. The second-order valence-corrected chi connectivity index (χ2v) is 35.1. The Labute approximate surface area is 734 Å². The molecule has 0 amide bonds. The van der Waals surface area contributed by atoms with Crippen molar-refractivity contribution in [3.05, 3.63) is 440 Å². The number of rotatable bonds is 12. The number of H-pyrrole nitrogens is 5. The summed E-state index contributed by atoms with van der Waals surface area (Å²) in [6, 6.07) is 121. The zero-order valence-electron chi connectivity index (χ0n) is 72.7. The van der Waals surface area contributed by atoms with Gasteiger partial charge in [0.2, 0.25) is 0 Å². The molecule has 5 atom stereocenters. The van der Waals surface area contributed by atoms with Gasteiger partial charge in [-0.3, -0.25) is 4.98 Å². The molecule has 0 saturated heterocycles. The van der Waals surface area contributed by atoms with E-state index in [0.29, 0.717) is 29.6 Å². The minimum atomic E-state index is 0.292. The Balaban J connectivity index is 0.000000103. The summed E-state index contributed by atoms with van der Waals surface area (Å²) in [5.74, 6) is 2.69. The molecule has 8 heteroatoms. The Morgan fingerprint density at radius 1 is 0.240 bits per heavy atom. The van der Waals surface area contributed by atoms with Gasteiger partial charge >= 0.3 is 0 Å². The number of hydrogen-bond donors (Lipinski definition) is 5. The second kappa shape index (κ2) is 34.5. The summed E-state index contributed by atoms with van der Waals surface area (Å²) in [6.07, 6.45) is 3.72. The number of nitrogens with zero attached hydrogens (tertiary/aromatic N) is 1. The van der Waals surface area contributed by atoms with Crippen LogP contribution in [0.2, 0.25) is 0 Å². The van der Waals surface area contributed by atoms with Crippen LogP contribution in [0.15, 0.2) is 357 Å². The Bertz CT molecular complexity index is 7800. The topological polar surface area (TPSA) is 101 Å². The molecule has 0 aliphatic rings. The number of methoxy groups -OCH3 is 1. The van der Waals surface area contributed by atoms with Gasteiger partial charge in [-0.2, -0.15) is 11.3 Å². The molecular formula is C117H102N6OS. The van der Waals surface area contributed by atoms with E-state index in [1.165, 1.54) is 225 Å². The third-order valence-electron chi connectivity index (χ3n) is 26.0. The highest BCUT2D eigenvalue weighted by atomic mass is 32.1. The highest BCUT2D eigenvalue weighted by molar-refractivity contribution is 7.08. The molecule has 0 fully saturated rings. The first-order valence-corrected chi connectivity index (χ1v) is 44.6. The Morgan fingerprint density at radius 3 is 0.856 bits per heavy atom. The van der Waals surface area contributed by atoms with E-state index in [-0.39, 0.29) is 0 Å². The molecule has 7 heterocycles. The van der Waals surface area contributed by atoms with Crippen LogP contribution in [0.5, 0.6) is 5.75 Å². The molecule has 0 aliphatic carbocycles. The Kier molecular flexibility index (Phi) is 22.2. The number of thiophene rings is 1. The number of benzene rings is 16. The normalized spacial score (nSPS) is 12.8.